The Morgan fingerprint density at radius 1 is 1.30 bits per heavy atom. The third-order valence-corrected chi connectivity index (χ3v) is 2.83. The highest BCUT2D eigenvalue weighted by atomic mass is 35.5. The molecule has 0 aliphatic heterocycles. The van der Waals surface area contributed by atoms with Crippen LogP contribution in [0.4, 0.5) is 0 Å². The van der Waals surface area contributed by atoms with E-state index in [2.05, 4.69) is 17.4 Å². The molecule has 0 saturated carbocycles. The Balaban J connectivity index is 0.00000361. The first-order valence-electron chi connectivity index (χ1n) is 6.83. The van der Waals surface area contributed by atoms with Crippen molar-refractivity contribution < 1.29 is 9.53 Å². The highest BCUT2D eigenvalue weighted by molar-refractivity contribution is 5.85. The fourth-order valence-electron chi connectivity index (χ4n) is 1.68. The van der Waals surface area contributed by atoms with Crippen molar-refractivity contribution in [2.24, 2.45) is 5.73 Å². The summed E-state index contributed by atoms with van der Waals surface area (Å²) in [4.78, 5) is 11.4. The van der Waals surface area contributed by atoms with Gasteiger partial charge in [0.2, 0.25) is 5.91 Å². The lowest BCUT2D eigenvalue weighted by molar-refractivity contribution is -0.122. The van der Waals surface area contributed by atoms with Crippen molar-refractivity contribution in [2.45, 2.75) is 32.2 Å². The van der Waals surface area contributed by atoms with Crippen LogP contribution in [-0.4, -0.2) is 31.7 Å². The van der Waals surface area contributed by atoms with E-state index in [1.807, 2.05) is 25.1 Å². The second-order valence-corrected chi connectivity index (χ2v) is 4.66. The summed E-state index contributed by atoms with van der Waals surface area (Å²) in [5, 5.41) is 2.83. The third-order valence-electron chi connectivity index (χ3n) is 2.83. The zero-order valence-electron chi connectivity index (χ0n) is 12.0. The predicted molar refractivity (Wildman–Crippen MR) is 84.1 cm³/mol. The molecule has 5 heteroatoms. The van der Waals surface area contributed by atoms with Gasteiger partial charge in [-0.15, -0.1) is 12.4 Å². The van der Waals surface area contributed by atoms with Crippen molar-refractivity contribution in [3.63, 3.8) is 0 Å². The van der Waals surface area contributed by atoms with Gasteiger partial charge < -0.3 is 15.8 Å². The van der Waals surface area contributed by atoms with Crippen LogP contribution in [-0.2, 0) is 16.0 Å². The van der Waals surface area contributed by atoms with Crippen molar-refractivity contribution in [1.29, 1.82) is 0 Å². The number of amides is 1. The number of hydrogen-bond acceptors (Lipinski definition) is 3. The molecule has 1 aromatic rings. The van der Waals surface area contributed by atoms with Gasteiger partial charge in [0.1, 0.15) is 0 Å². The van der Waals surface area contributed by atoms with Crippen molar-refractivity contribution in [1.82, 2.24) is 5.32 Å². The molecule has 0 aromatic heterocycles. The molecule has 0 radical (unpaired) electrons. The van der Waals surface area contributed by atoms with Crippen molar-refractivity contribution >= 4 is 18.3 Å². The molecule has 0 fully saturated rings. The fraction of sp³-hybridized carbons (Fsp3) is 0.533. The van der Waals surface area contributed by atoms with Gasteiger partial charge >= 0.3 is 0 Å². The van der Waals surface area contributed by atoms with Gasteiger partial charge in [-0.3, -0.25) is 4.79 Å². The van der Waals surface area contributed by atoms with E-state index in [1.54, 1.807) is 0 Å². The first-order valence-corrected chi connectivity index (χ1v) is 6.83. The maximum atomic E-state index is 11.4. The van der Waals surface area contributed by atoms with Gasteiger partial charge in [0.25, 0.3) is 0 Å². The Hall–Kier alpha value is -1.10. The van der Waals surface area contributed by atoms with Crippen LogP contribution in [0.2, 0.25) is 0 Å². The second-order valence-electron chi connectivity index (χ2n) is 4.66. The van der Waals surface area contributed by atoms with Gasteiger partial charge in [0.05, 0.1) is 6.61 Å². The Labute approximate surface area is 127 Å². The zero-order chi connectivity index (χ0) is 13.9. The summed E-state index contributed by atoms with van der Waals surface area (Å²) in [6.45, 7) is 3.69. The van der Waals surface area contributed by atoms with Crippen LogP contribution in [0.5, 0.6) is 0 Å². The number of ether oxygens (including phenoxy) is 1. The summed E-state index contributed by atoms with van der Waals surface area (Å²) >= 11 is 0. The molecule has 1 aromatic carbocycles. The highest BCUT2D eigenvalue weighted by Gasteiger charge is 2.04. The van der Waals surface area contributed by atoms with E-state index >= 15 is 0 Å². The normalized spacial score (nSPS) is 11.5. The number of nitrogens with two attached hydrogens (primary N) is 1. The van der Waals surface area contributed by atoms with Gasteiger partial charge in [0, 0.05) is 25.6 Å². The van der Waals surface area contributed by atoms with Crippen LogP contribution in [0.25, 0.3) is 0 Å². The first-order chi connectivity index (χ1) is 9.22. The van der Waals surface area contributed by atoms with Crippen LogP contribution in [0.15, 0.2) is 30.3 Å². The molecule has 20 heavy (non-hydrogen) atoms. The number of nitrogens with one attached hydrogen (secondary N) is 1. The van der Waals surface area contributed by atoms with Crippen LogP contribution in [0.3, 0.4) is 0 Å². The SMILES string of the molecule is C[C@@H](CN)NC(=O)CCCOCCc1ccccc1.Cl. The molecular formula is C15H25ClN2O2. The third kappa shape index (κ3) is 8.91. The van der Waals surface area contributed by atoms with Gasteiger partial charge in [-0.2, -0.15) is 0 Å². The molecule has 0 aliphatic carbocycles. The minimum absolute atomic E-state index is 0. The lowest BCUT2D eigenvalue weighted by Gasteiger charge is -2.11. The second kappa shape index (κ2) is 11.7. The average Bonchev–Trinajstić information content (AvgIpc) is 2.43. The molecule has 0 bridgehead atoms. The minimum atomic E-state index is 0. The van der Waals surface area contributed by atoms with E-state index in [1.165, 1.54) is 5.56 Å². The molecule has 4 nitrogen and oxygen atoms in total. The van der Waals surface area contributed by atoms with E-state index in [0.717, 1.165) is 12.8 Å². The zero-order valence-corrected chi connectivity index (χ0v) is 12.8. The minimum Gasteiger partial charge on any atom is -0.381 e. The molecule has 0 aliphatic rings. The summed E-state index contributed by atoms with van der Waals surface area (Å²) < 4.78 is 5.51. The lowest BCUT2D eigenvalue weighted by Crippen LogP contribution is -2.37. The van der Waals surface area contributed by atoms with E-state index in [0.29, 0.717) is 26.2 Å². The molecule has 0 unspecified atom stereocenters. The smallest absolute Gasteiger partial charge is 0.220 e. The maximum Gasteiger partial charge on any atom is 0.220 e. The maximum absolute atomic E-state index is 11.4. The number of carbonyl (C=O) groups excluding carboxylic acids is 1. The molecule has 114 valence electrons. The van der Waals surface area contributed by atoms with Gasteiger partial charge in [0.15, 0.2) is 0 Å². The van der Waals surface area contributed by atoms with Crippen LogP contribution in [0.1, 0.15) is 25.3 Å². The van der Waals surface area contributed by atoms with Crippen LogP contribution >= 0.6 is 12.4 Å². The summed E-state index contributed by atoms with van der Waals surface area (Å²) in [6, 6.07) is 10.3. The quantitative estimate of drug-likeness (QED) is 0.685. The summed E-state index contributed by atoms with van der Waals surface area (Å²) in [6.07, 6.45) is 2.16. The fourth-order valence-corrected chi connectivity index (χ4v) is 1.68. The number of benzene rings is 1. The summed E-state index contributed by atoms with van der Waals surface area (Å²) in [7, 11) is 0. The van der Waals surface area contributed by atoms with Crippen LogP contribution in [0, 0.1) is 0 Å². The monoisotopic (exact) mass is 300 g/mol. The van der Waals surface area contributed by atoms with Crippen molar-refractivity contribution in [2.75, 3.05) is 19.8 Å². The number of rotatable bonds is 9. The Kier molecular flexibility index (Phi) is 11.1. The Morgan fingerprint density at radius 2 is 2.00 bits per heavy atom. The summed E-state index contributed by atoms with van der Waals surface area (Å²) in [5.74, 6) is 0.0459. The van der Waals surface area contributed by atoms with Gasteiger partial charge in [-0.1, -0.05) is 30.3 Å². The standard InChI is InChI=1S/C15H24N2O2.ClH/c1-13(12-16)17-15(18)8-5-10-19-11-9-14-6-3-2-4-7-14;/h2-4,6-7,13H,5,8-12,16H2,1H3,(H,17,18);1H/t13-;/m0./s1. The Morgan fingerprint density at radius 3 is 2.65 bits per heavy atom. The topological polar surface area (TPSA) is 64.3 Å². The molecule has 1 amide bonds. The van der Waals surface area contributed by atoms with Crippen molar-refractivity contribution in [3.8, 4) is 0 Å². The number of carbonyl (C=O) groups is 1. The highest BCUT2D eigenvalue weighted by Crippen LogP contribution is 2.00. The van der Waals surface area contributed by atoms with Crippen molar-refractivity contribution in [3.05, 3.63) is 35.9 Å². The molecule has 0 saturated heterocycles. The Bertz CT molecular complexity index is 360. The molecular weight excluding hydrogens is 276 g/mol. The predicted octanol–water partition coefficient (Wildman–Crippen LogP) is 1.91. The van der Waals surface area contributed by atoms with E-state index in [4.69, 9.17) is 10.5 Å². The van der Waals surface area contributed by atoms with E-state index in [9.17, 15) is 4.79 Å². The van der Waals surface area contributed by atoms with E-state index in [-0.39, 0.29) is 24.4 Å². The van der Waals surface area contributed by atoms with Gasteiger partial charge in [-0.05, 0) is 25.3 Å². The number of hydrogen-bond donors (Lipinski definition) is 2. The largest absolute Gasteiger partial charge is 0.381 e. The van der Waals surface area contributed by atoms with Crippen LogP contribution < -0.4 is 11.1 Å². The molecule has 1 rings (SSSR count). The molecule has 0 spiro atoms. The molecule has 3 N–H and O–H groups in total. The van der Waals surface area contributed by atoms with E-state index < -0.39 is 0 Å². The lowest BCUT2D eigenvalue weighted by atomic mass is 10.2. The molecule has 1 atom stereocenters. The summed E-state index contributed by atoms with van der Waals surface area (Å²) in [5.41, 5.74) is 6.71. The molecule has 0 heterocycles. The first kappa shape index (κ1) is 18.9. The van der Waals surface area contributed by atoms with Gasteiger partial charge in [-0.25, -0.2) is 0 Å². The average molecular weight is 301 g/mol. The number of halogens is 1.